The van der Waals surface area contributed by atoms with Gasteiger partial charge >= 0.3 is 5.88 Å². The molecule has 1 amide bonds. The molecule has 4 aromatic rings. The van der Waals surface area contributed by atoms with E-state index in [0.29, 0.717) is 10.2 Å². The first-order valence-electron chi connectivity index (χ1n) is 12.4. The predicted molar refractivity (Wildman–Crippen MR) is 148 cm³/mol. The molecule has 0 radical (unpaired) electrons. The zero-order chi connectivity index (χ0) is 28.4. The second-order valence-corrected chi connectivity index (χ2v) is 12.2. The van der Waals surface area contributed by atoms with Gasteiger partial charge in [-0.05, 0) is 61.4 Å². The van der Waals surface area contributed by atoms with Crippen molar-refractivity contribution in [2.24, 2.45) is 5.10 Å². The van der Waals surface area contributed by atoms with E-state index >= 15 is 0 Å². The summed E-state index contributed by atoms with van der Waals surface area (Å²) in [5.41, 5.74) is 0.558. The van der Waals surface area contributed by atoms with Crippen LogP contribution in [0.5, 0.6) is 0 Å². The molecule has 0 bridgehead atoms. The fraction of sp³-hybridized carbons (Fsp3) is 0.269. The van der Waals surface area contributed by atoms with Crippen LogP contribution in [0.2, 0.25) is 0 Å². The van der Waals surface area contributed by atoms with Gasteiger partial charge in [0.25, 0.3) is 5.91 Å². The number of hydrogen-bond acceptors (Lipinski definition) is 9. The van der Waals surface area contributed by atoms with E-state index in [0.717, 1.165) is 60.7 Å². The highest BCUT2D eigenvalue weighted by Crippen LogP contribution is 2.31. The molecule has 14 heteroatoms. The maximum Gasteiger partial charge on any atom is 0.433 e. The summed E-state index contributed by atoms with van der Waals surface area (Å²) < 4.78 is 47.2. The Morgan fingerprint density at radius 2 is 1.88 bits per heavy atom. The summed E-state index contributed by atoms with van der Waals surface area (Å²) in [5.74, 6) is -1.60. The minimum absolute atomic E-state index is 0.0175. The number of rotatable bonds is 8. The van der Waals surface area contributed by atoms with Crippen molar-refractivity contribution in [2.45, 2.75) is 43.0 Å². The van der Waals surface area contributed by atoms with Gasteiger partial charge in [0, 0.05) is 18.7 Å². The van der Waals surface area contributed by atoms with Gasteiger partial charge in [-0.3, -0.25) is 14.9 Å². The zero-order valence-electron chi connectivity index (χ0n) is 21.3. The molecule has 0 spiro atoms. The minimum atomic E-state index is -3.76. The lowest BCUT2D eigenvalue weighted by Crippen LogP contribution is -2.38. The molecule has 0 N–H and O–H groups in total. The van der Waals surface area contributed by atoms with Gasteiger partial charge in [-0.1, -0.05) is 30.6 Å². The topological polar surface area (TPSA) is 139 Å². The Morgan fingerprint density at radius 1 is 1.15 bits per heavy atom. The van der Waals surface area contributed by atoms with Gasteiger partial charge in [-0.15, -0.1) is 0 Å². The molecule has 2 aromatic heterocycles. The highest BCUT2D eigenvalue weighted by atomic mass is 32.2. The Hall–Kier alpha value is -4.01. The van der Waals surface area contributed by atoms with E-state index in [2.05, 4.69) is 10.1 Å². The molecular formula is C26H24FN5O6S2. The lowest BCUT2D eigenvalue weighted by Gasteiger charge is -2.30. The van der Waals surface area contributed by atoms with Crippen LogP contribution in [0.25, 0.3) is 10.2 Å². The van der Waals surface area contributed by atoms with Crippen LogP contribution in [0, 0.1) is 15.9 Å². The molecule has 11 nitrogen and oxygen atoms in total. The van der Waals surface area contributed by atoms with Gasteiger partial charge in [0.1, 0.15) is 10.7 Å². The van der Waals surface area contributed by atoms with Crippen molar-refractivity contribution in [1.29, 1.82) is 0 Å². The molecule has 208 valence electrons. The predicted octanol–water partition coefficient (Wildman–Crippen LogP) is 5.57. The number of sulfonamides is 1. The lowest BCUT2D eigenvalue weighted by atomic mass is 9.96. The number of nitro groups is 1. The summed E-state index contributed by atoms with van der Waals surface area (Å²) in [6.45, 7) is 0. The van der Waals surface area contributed by atoms with Gasteiger partial charge in [-0.2, -0.15) is 14.4 Å². The molecule has 1 aliphatic rings. The van der Waals surface area contributed by atoms with Gasteiger partial charge in [0.05, 0.1) is 27.4 Å². The Labute approximate surface area is 232 Å². The van der Waals surface area contributed by atoms with Crippen molar-refractivity contribution >= 4 is 54.7 Å². The normalized spacial score (nSPS) is 14.8. The molecule has 0 saturated heterocycles. The number of anilines is 1. The number of hydrogen-bond donors (Lipinski definition) is 0. The number of hydrazone groups is 1. The largest absolute Gasteiger partial charge is 0.433 e. The van der Waals surface area contributed by atoms with Crippen LogP contribution in [0.1, 0.15) is 48.2 Å². The molecule has 2 heterocycles. The first-order chi connectivity index (χ1) is 19.1. The SMILES string of the molecule is CN(C1CCCCC1)S(=O)(=O)c1ccc(C(=O)N(/N=C/c2ccc([N+](=O)[O-])o2)c2nc3ccc(F)cc3s2)cc1. The van der Waals surface area contributed by atoms with Crippen molar-refractivity contribution in [3.8, 4) is 0 Å². The summed E-state index contributed by atoms with van der Waals surface area (Å²) in [7, 11) is -2.18. The van der Waals surface area contributed by atoms with Crippen LogP contribution in [0.3, 0.4) is 0 Å². The highest BCUT2D eigenvalue weighted by molar-refractivity contribution is 7.89. The van der Waals surface area contributed by atoms with E-state index in [1.54, 1.807) is 7.05 Å². The standard InChI is InChI=1S/C26H24FN5O6S2/c1-30(19-5-3-2-4-6-19)40(36,37)21-11-7-17(8-12-21)25(33)31(28-16-20-10-14-24(38-20)32(34)35)26-29-22-13-9-18(27)15-23(22)39-26/h7-16,19H,2-6H2,1H3/b28-16+. The van der Waals surface area contributed by atoms with E-state index in [4.69, 9.17) is 4.42 Å². The van der Waals surface area contributed by atoms with Gasteiger partial charge < -0.3 is 4.42 Å². The van der Waals surface area contributed by atoms with Crippen molar-refractivity contribution < 1.29 is 26.9 Å². The van der Waals surface area contributed by atoms with Crippen molar-refractivity contribution in [2.75, 3.05) is 12.1 Å². The molecular weight excluding hydrogens is 561 g/mol. The molecule has 40 heavy (non-hydrogen) atoms. The fourth-order valence-electron chi connectivity index (χ4n) is 4.49. The number of fused-ring (bicyclic) bond motifs is 1. The van der Waals surface area contributed by atoms with E-state index < -0.39 is 32.6 Å². The number of halogens is 1. The molecule has 1 aliphatic carbocycles. The first-order valence-corrected chi connectivity index (χ1v) is 14.7. The number of aromatic nitrogens is 1. The summed E-state index contributed by atoms with van der Waals surface area (Å²) in [5, 5.41) is 16.2. The van der Waals surface area contributed by atoms with Crippen molar-refractivity contribution in [1.82, 2.24) is 9.29 Å². The third-order valence-electron chi connectivity index (χ3n) is 6.67. The lowest BCUT2D eigenvalue weighted by molar-refractivity contribution is -0.402. The number of nitrogens with zero attached hydrogens (tertiary/aromatic N) is 5. The molecule has 2 aromatic carbocycles. The number of benzene rings is 2. The van der Waals surface area contributed by atoms with E-state index in [-0.39, 0.29) is 27.4 Å². The Bertz CT molecular complexity index is 1690. The van der Waals surface area contributed by atoms with Crippen molar-refractivity contribution in [3.63, 3.8) is 0 Å². The van der Waals surface area contributed by atoms with Crippen LogP contribution in [-0.4, -0.2) is 47.8 Å². The average molecular weight is 586 g/mol. The minimum Gasteiger partial charge on any atom is -0.400 e. The van der Waals surface area contributed by atoms with Gasteiger partial charge in [0.15, 0.2) is 5.76 Å². The smallest absolute Gasteiger partial charge is 0.400 e. The van der Waals surface area contributed by atoms with Crippen LogP contribution >= 0.6 is 11.3 Å². The van der Waals surface area contributed by atoms with Gasteiger partial charge in [-0.25, -0.2) is 17.8 Å². The monoisotopic (exact) mass is 585 g/mol. The van der Waals surface area contributed by atoms with Gasteiger partial charge in [0.2, 0.25) is 15.2 Å². The molecule has 0 unspecified atom stereocenters. The summed E-state index contributed by atoms with van der Waals surface area (Å²) in [6.07, 6.45) is 5.81. The number of furan rings is 1. The van der Waals surface area contributed by atoms with Crippen LogP contribution in [0.4, 0.5) is 15.4 Å². The van der Waals surface area contributed by atoms with Crippen LogP contribution in [-0.2, 0) is 10.0 Å². The average Bonchev–Trinajstić information content (AvgIpc) is 3.60. The second-order valence-electron chi connectivity index (χ2n) is 9.24. The Balaban J connectivity index is 1.45. The second kappa shape index (κ2) is 11.2. The molecule has 5 rings (SSSR count). The number of amides is 1. The van der Waals surface area contributed by atoms with E-state index in [9.17, 15) is 27.7 Å². The number of carbonyl (C=O) groups excluding carboxylic acids is 1. The highest BCUT2D eigenvalue weighted by Gasteiger charge is 2.29. The third-order valence-corrected chi connectivity index (χ3v) is 9.59. The maximum atomic E-state index is 13.8. The molecule has 1 saturated carbocycles. The number of carbonyl (C=O) groups is 1. The van der Waals surface area contributed by atoms with Crippen LogP contribution in [0.15, 0.2) is 69.0 Å². The number of thiazole rings is 1. The van der Waals surface area contributed by atoms with E-state index in [1.165, 1.54) is 52.8 Å². The summed E-state index contributed by atoms with van der Waals surface area (Å²) >= 11 is 1.01. The Kier molecular flexibility index (Phi) is 7.74. The fourth-order valence-corrected chi connectivity index (χ4v) is 6.85. The van der Waals surface area contributed by atoms with Crippen LogP contribution < -0.4 is 5.01 Å². The third kappa shape index (κ3) is 5.64. The van der Waals surface area contributed by atoms with E-state index in [1.807, 2.05) is 0 Å². The maximum absolute atomic E-state index is 13.8. The summed E-state index contributed by atoms with van der Waals surface area (Å²) in [4.78, 5) is 28.2. The summed E-state index contributed by atoms with van der Waals surface area (Å²) in [6, 6.07) is 11.9. The quantitative estimate of drug-likeness (QED) is 0.150. The van der Waals surface area contributed by atoms with Crippen molar-refractivity contribution in [3.05, 3.63) is 81.9 Å². The molecule has 0 atom stereocenters. The zero-order valence-corrected chi connectivity index (χ0v) is 22.9. The molecule has 1 fully saturated rings. The first kappa shape index (κ1) is 27.6. The molecule has 0 aliphatic heterocycles. The Morgan fingerprint density at radius 3 is 2.55 bits per heavy atom.